The summed E-state index contributed by atoms with van der Waals surface area (Å²) in [5.74, 6) is -1.83. The summed E-state index contributed by atoms with van der Waals surface area (Å²) in [7, 11) is 0. The van der Waals surface area contributed by atoms with Crippen molar-refractivity contribution < 1.29 is 35.9 Å². The van der Waals surface area contributed by atoms with Gasteiger partial charge in [-0.25, -0.2) is 18.7 Å². The molecule has 1 aliphatic heterocycles. The van der Waals surface area contributed by atoms with Gasteiger partial charge in [-0.2, -0.15) is 0 Å². The predicted molar refractivity (Wildman–Crippen MR) is 136 cm³/mol. The molecule has 2 aromatic carbocycles. The summed E-state index contributed by atoms with van der Waals surface area (Å²) >= 11 is 0. The van der Waals surface area contributed by atoms with E-state index in [1.165, 1.54) is 18.2 Å². The second-order valence-corrected chi connectivity index (χ2v) is 9.64. The Labute approximate surface area is 231 Å². The minimum absolute atomic E-state index is 0.0145. The van der Waals surface area contributed by atoms with Crippen LogP contribution in [0.5, 0.6) is 5.75 Å². The molecule has 13 heteroatoms. The van der Waals surface area contributed by atoms with E-state index < -0.39 is 23.7 Å². The number of aromatic nitrogens is 4. The number of ether oxygens (including phenoxy) is 1. The van der Waals surface area contributed by atoms with E-state index in [1.54, 1.807) is 18.7 Å². The first kappa shape index (κ1) is 28.1. The van der Waals surface area contributed by atoms with Gasteiger partial charge in [0, 0.05) is 30.1 Å². The van der Waals surface area contributed by atoms with Gasteiger partial charge in [-0.15, -0.1) is 23.4 Å². The SMILES string of the molecule is Cc1nc(C)c(-c2nnc(-c3cccc(OC(F)(F)F)c3)o2)c(C2CCN(C(=O)Cc3c(F)cccc3F)CC2)n1. The van der Waals surface area contributed by atoms with Crippen molar-refractivity contribution in [2.45, 2.75) is 45.4 Å². The number of alkyl halides is 3. The predicted octanol–water partition coefficient (Wildman–Crippen LogP) is 5.94. The number of likely N-dealkylation sites (tertiary alicyclic amines) is 1. The van der Waals surface area contributed by atoms with Crippen molar-refractivity contribution in [2.24, 2.45) is 0 Å². The van der Waals surface area contributed by atoms with Gasteiger partial charge in [0.05, 0.1) is 23.4 Å². The Morgan fingerprint density at radius 3 is 2.34 bits per heavy atom. The second kappa shape index (κ2) is 11.2. The van der Waals surface area contributed by atoms with Gasteiger partial charge in [0.15, 0.2) is 0 Å². The molecule has 0 atom stereocenters. The van der Waals surface area contributed by atoms with Gasteiger partial charge in [-0.05, 0) is 57.0 Å². The number of carbonyl (C=O) groups is 1. The molecule has 4 aromatic rings. The molecule has 1 amide bonds. The summed E-state index contributed by atoms with van der Waals surface area (Å²) < 4.78 is 75.9. The first-order chi connectivity index (χ1) is 19.5. The number of halogens is 5. The van der Waals surface area contributed by atoms with E-state index in [0.29, 0.717) is 48.7 Å². The molecular weight excluding hydrogens is 549 g/mol. The summed E-state index contributed by atoms with van der Waals surface area (Å²) in [5.41, 5.74) is 1.70. The Hall–Kier alpha value is -4.42. The largest absolute Gasteiger partial charge is 0.573 e. The van der Waals surface area contributed by atoms with Gasteiger partial charge in [-0.3, -0.25) is 4.79 Å². The molecule has 0 saturated carbocycles. The van der Waals surface area contributed by atoms with Crippen LogP contribution < -0.4 is 4.74 Å². The van der Waals surface area contributed by atoms with Gasteiger partial charge >= 0.3 is 6.36 Å². The van der Waals surface area contributed by atoms with Crippen LogP contribution in [-0.2, 0) is 11.2 Å². The van der Waals surface area contributed by atoms with Crippen LogP contribution in [0, 0.1) is 25.5 Å². The molecule has 0 aliphatic carbocycles. The highest BCUT2D eigenvalue weighted by molar-refractivity contribution is 5.79. The Morgan fingerprint density at radius 1 is 1.00 bits per heavy atom. The van der Waals surface area contributed by atoms with Crippen molar-refractivity contribution in [3.63, 3.8) is 0 Å². The molecule has 0 N–H and O–H groups in total. The molecule has 1 fully saturated rings. The zero-order chi connectivity index (χ0) is 29.3. The fourth-order valence-corrected chi connectivity index (χ4v) is 4.93. The quantitative estimate of drug-likeness (QED) is 0.264. The van der Waals surface area contributed by atoms with Gasteiger partial charge in [0.2, 0.25) is 11.8 Å². The van der Waals surface area contributed by atoms with Crippen molar-refractivity contribution in [1.29, 1.82) is 0 Å². The molecular formula is C28H24F5N5O3. The van der Waals surface area contributed by atoms with Crippen LogP contribution in [0.2, 0.25) is 0 Å². The van der Waals surface area contributed by atoms with Crippen LogP contribution in [0.3, 0.4) is 0 Å². The average molecular weight is 574 g/mol. The van der Waals surface area contributed by atoms with Gasteiger partial charge < -0.3 is 14.1 Å². The van der Waals surface area contributed by atoms with E-state index in [1.807, 2.05) is 0 Å². The molecule has 0 bridgehead atoms. The topological polar surface area (TPSA) is 94.2 Å². The number of carbonyl (C=O) groups excluding carboxylic acids is 1. The van der Waals surface area contributed by atoms with E-state index in [2.05, 4.69) is 24.9 Å². The maximum atomic E-state index is 14.0. The third-order valence-electron chi connectivity index (χ3n) is 6.81. The number of hydrogen-bond donors (Lipinski definition) is 0. The molecule has 41 heavy (non-hydrogen) atoms. The van der Waals surface area contributed by atoms with Gasteiger partial charge in [-0.1, -0.05) is 12.1 Å². The van der Waals surface area contributed by atoms with Crippen molar-refractivity contribution in [3.05, 3.63) is 76.9 Å². The summed E-state index contributed by atoms with van der Waals surface area (Å²) in [6.45, 7) is 4.20. The normalized spacial score (nSPS) is 14.4. The van der Waals surface area contributed by atoms with Crippen LogP contribution >= 0.6 is 0 Å². The highest BCUT2D eigenvalue weighted by Gasteiger charge is 2.32. The minimum atomic E-state index is -4.85. The molecule has 1 aliphatic rings. The fraction of sp³-hybridized carbons (Fsp3) is 0.321. The van der Waals surface area contributed by atoms with Crippen molar-refractivity contribution in [3.8, 4) is 28.7 Å². The maximum absolute atomic E-state index is 14.0. The van der Waals surface area contributed by atoms with Crippen LogP contribution in [0.15, 0.2) is 46.9 Å². The molecule has 214 valence electrons. The number of nitrogens with zero attached hydrogens (tertiary/aromatic N) is 5. The Morgan fingerprint density at radius 2 is 1.66 bits per heavy atom. The Bertz CT molecular complexity index is 1560. The zero-order valence-corrected chi connectivity index (χ0v) is 22.0. The van der Waals surface area contributed by atoms with Crippen molar-refractivity contribution >= 4 is 5.91 Å². The Balaban J connectivity index is 1.35. The molecule has 0 unspecified atom stereocenters. The lowest BCUT2D eigenvalue weighted by atomic mass is 9.89. The van der Waals surface area contributed by atoms with E-state index in [-0.39, 0.29) is 41.2 Å². The maximum Gasteiger partial charge on any atom is 0.573 e. The third-order valence-corrected chi connectivity index (χ3v) is 6.81. The van der Waals surface area contributed by atoms with Crippen molar-refractivity contribution in [2.75, 3.05) is 13.1 Å². The van der Waals surface area contributed by atoms with Crippen molar-refractivity contribution in [1.82, 2.24) is 25.1 Å². The number of piperidine rings is 1. The van der Waals surface area contributed by atoms with E-state index in [9.17, 15) is 26.7 Å². The lowest BCUT2D eigenvalue weighted by Crippen LogP contribution is -2.39. The molecule has 8 nitrogen and oxygen atoms in total. The monoisotopic (exact) mass is 573 g/mol. The smallest absolute Gasteiger partial charge is 0.416 e. The number of hydrogen-bond acceptors (Lipinski definition) is 7. The fourth-order valence-electron chi connectivity index (χ4n) is 4.93. The van der Waals surface area contributed by atoms with Crippen LogP contribution in [0.4, 0.5) is 22.0 Å². The molecule has 1 saturated heterocycles. The van der Waals surface area contributed by atoms with E-state index in [4.69, 9.17) is 4.42 Å². The zero-order valence-electron chi connectivity index (χ0n) is 22.0. The van der Waals surface area contributed by atoms with E-state index >= 15 is 0 Å². The highest BCUT2D eigenvalue weighted by atomic mass is 19.4. The number of amides is 1. The highest BCUT2D eigenvalue weighted by Crippen LogP contribution is 2.37. The summed E-state index contributed by atoms with van der Waals surface area (Å²) in [5, 5.41) is 8.14. The number of rotatable bonds is 6. The summed E-state index contributed by atoms with van der Waals surface area (Å²) in [6.07, 6.45) is -4.18. The first-order valence-electron chi connectivity index (χ1n) is 12.7. The summed E-state index contributed by atoms with van der Waals surface area (Å²) in [6, 6.07) is 8.68. The standard InChI is InChI=1S/C28H24F5N5O3/c1-15-24(27-37-36-26(40-27)18-5-3-6-19(13-18)41-28(31,32)33)25(35-16(2)34-15)17-9-11-38(12-10-17)23(39)14-20-21(29)7-4-8-22(20)30/h3-8,13,17H,9-12,14H2,1-2H3. The number of benzene rings is 2. The van der Waals surface area contributed by atoms with E-state index in [0.717, 1.165) is 24.3 Å². The average Bonchev–Trinajstić information content (AvgIpc) is 3.39. The minimum Gasteiger partial charge on any atom is -0.416 e. The lowest BCUT2D eigenvalue weighted by Gasteiger charge is -2.32. The summed E-state index contributed by atoms with van der Waals surface area (Å²) in [4.78, 5) is 23.5. The van der Waals surface area contributed by atoms with Crippen LogP contribution in [0.25, 0.3) is 22.9 Å². The lowest BCUT2D eigenvalue weighted by molar-refractivity contribution is -0.274. The van der Waals surface area contributed by atoms with Crippen LogP contribution in [0.1, 0.15) is 41.5 Å². The molecule has 0 spiro atoms. The Kier molecular flexibility index (Phi) is 7.70. The molecule has 5 rings (SSSR count). The molecule has 3 heterocycles. The van der Waals surface area contributed by atoms with Gasteiger partial charge in [0.1, 0.15) is 23.2 Å². The molecule has 0 radical (unpaired) electrons. The molecule has 2 aromatic heterocycles. The third kappa shape index (κ3) is 6.34. The van der Waals surface area contributed by atoms with Crippen LogP contribution in [-0.4, -0.2) is 50.4 Å². The first-order valence-corrected chi connectivity index (χ1v) is 12.7. The van der Waals surface area contributed by atoms with Gasteiger partial charge in [0.25, 0.3) is 5.89 Å². The number of aryl methyl sites for hydroxylation is 2. The second-order valence-electron chi connectivity index (χ2n) is 9.64.